The molecule has 2 aliphatic rings. The number of nitrogens with one attached hydrogen (secondary N) is 2. The summed E-state index contributed by atoms with van der Waals surface area (Å²) in [5.41, 5.74) is 0. The van der Waals surface area contributed by atoms with Crippen molar-refractivity contribution >= 4 is 11.9 Å². The average Bonchev–Trinajstić information content (AvgIpc) is 2.77. The van der Waals surface area contributed by atoms with Gasteiger partial charge in [0.1, 0.15) is 5.92 Å². The van der Waals surface area contributed by atoms with Crippen LogP contribution in [-0.4, -0.2) is 48.8 Å². The smallest absolute Gasteiger partial charge is 0.311 e. The number of carbonyl (C=O) groups excluding carboxylic acids is 1. The minimum Gasteiger partial charge on any atom is -0.481 e. The first-order valence-electron chi connectivity index (χ1n) is 6.42. The molecular weight excluding hydrogens is 236 g/mol. The van der Waals surface area contributed by atoms with Crippen LogP contribution >= 0.6 is 0 Å². The average molecular weight is 256 g/mol. The first-order chi connectivity index (χ1) is 8.58. The van der Waals surface area contributed by atoms with Crippen molar-refractivity contribution in [1.82, 2.24) is 10.6 Å². The minimum absolute atomic E-state index is 0.0173. The molecule has 0 aromatic rings. The molecule has 2 saturated heterocycles. The Kier molecular flexibility index (Phi) is 4.19. The van der Waals surface area contributed by atoms with Crippen LogP contribution in [0, 0.1) is 11.8 Å². The molecule has 18 heavy (non-hydrogen) atoms. The topological polar surface area (TPSA) is 87.7 Å². The van der Waals surface area contributed by atoms with Crippen molar-refractivity contribution in [2.24, 2.45) is 11.8 Å². The molecule has 0 spiro atoms. The Labute approximate surface area is 106 Å². The van der Waals surface area contributed by atoms with Crippen LogP contribution in [0.15, 0.2) is 0 Å². The zero-order valence-corrected chi connectivity index (χ0v) is 10.5. The maximum absolute atomic E-state index is 12.1. The second kappa shape index (κ2) is 5.67. The van der Waals surface area contributed by atoms with E-state index >= 15 is 0 Å². The van der Waals surface area contributed by atoms with E-state index in [0.717, 1.165) is 19.4 Å². The van der Waals surface area contributed by atoms with E-state index in [4.69, 9.17) is 9.84 Å². The Morgan fingerprint density at radius 2 is 2.17 bits per heavy atom. The predicted octanol–water partition coefficient (Wildman–Crippen LogP) is -0.410. The Bertz CT molecular complexity index is 334. The van der Waals surface area contributed by atoms with Crippen LogP contribution in [0.4, 0.5) is 0 Å². The maximum Gasteiger partial charge on any atom is 0.311 e. The summed E-state index contributed by atoms with van der Waals surface area (Å²) in [6.45, 7) is 3.37. The normalized spacial score (nSPS) is 36.3. The number of carbonyl (C=O) groups is 2. The lowest BCUT2D eigenvalue weighted by molar-refractivity contribution is -0.142. The summed E-state index contributed by atoms with van der Waals surface area (Å²) in [7, 11) is 0. The zero-order valence-electron chi connectivity index (χ0n) is 10.5. The molecule has 4 unspecified atom stereocenters. The molecule has 6 heteroatoms. The third-order valence-corrected chi connectivity index (χ3v) is 3.72. The van der Waals surface area contributed by atoms with Crippen molar-refractivity contribution in [3.05, 3.63) is 0 Å². The number of ether oxygens (including phenoxy) is 1. The Morgan fingerprint density at radius 3 is 2.83 bits per heavy atom. The van der Waals surface area contributed by atoms with Gasteiger partial charge in [-0.2, -0.15) is 0 Å². The number of carboxylic acid groups (broad SMARTS) is 1. The number of carboxylic acids is 1. The Hall–Kier alpha value is -1.14. The molecular formula is C12H20N2O4. The number of aliphatic carboxylic acids is 1. The van der Waals surface area contributed by atoms with E-state index in [1.54, 1.807) is 0 Å². The Morgan fingerprint density at radius 1 is 1.39 bits per heavy atom. The molecule has 102 valence electrons. The van der Waals surface area contributed by atoms with Crippen LogP contribution in [0.1, 0.15) is 19.8 Å². The molecule has 2 rings (SSSR count). The summed E-state index contributed by atoms with van der Waals surface area (Å²) in [5, 5.41) is 15.1. The quantitative estimate of drug-likeness (QED) is 0.639. The third kappa shape index (κ3) is 3.00. The monoisotopic (exact) mass is 256 g/mol. The lowest BCUT2D eigenvalue weighted by Gasteiger charge is -2.28. The lowest BCUT2D eigenvalue weighted by atomic mass is 9.91. The molecule has 0 aromatic carbocycles. The fourth-order valence-electron chi connectivity index (χ4n) is 2.61. The van der Waals surface area contributed by atoms with Gasteiger partial charge in [0.25, 0.3) is 0 Å². The summed E-state index contributed by atoms with van der Waals surface area (Å²) in [5.74, 6) is -1.58. The van der Waals surface area contributed by atoms with Gasteiger partial charge in [0.15, 0.2) is 0 Å². The van der Waals surface area contributed by atoms with Crippen LogP contribution in [-0.2, 0) is 14.3 Å². The molecule has 1 amide bonds. The summed E-state index contributed by atoms with van der Waals surface area (Å²) in [6, 6.07) is -0.0511. The fourth-order valence-corrected chi connectivity index (χ4v) is 2.61. The maximum atomic E-state index is 12.1. The van der Waals surface area contributed by atoms with Gasteiger partial charge in [-0.3, -0.25) is 9.59 Å². The number of rotatable bonds is 3. The summed E-state index contributed by atoms with van der Waals surface area (Å²) in [4.78, 5) is 23.1. The van der Waals surface area contributed by atoms with Crippen molar-refractivity contribution < 1.29 is 19.4 Å². The molecule has 0 saturated carbocycles. The molecule has 6 nitrogen and oxygen atoms in total. The largest absolute Gasteiger partial charge is 0.481 e. The predicted molar refractivity (Wildman–Crippen MR) is 64.1 cm³/mol. The lowest BCUT2D eigenvalue weighted by Crippen LogP contribution is -2.48. The van der Waals surface area contributed by atoms with Crippen LogP contribution < -0.4 is 10.6 Å². The Balaban J connectivity index is 1.88. The number of hydrogen-bond donors (Lipinski definition) is 3. The van der Waals surface area contributed by atoms with E-state index in [1.807, 2.05) is 0 Å². The second-order valence-corrected chi connectivity index (χ2v) is 5.17. The zero-order chi connectivity index (χ0) is 13.1. The molecule has 3 N–H and O–H groups in total. The highest BCUT2D eigenvalue weighted by Crippen LogP contribution is 2.19. The number of hydrogen-bond acceptors (Lipinski definition) is 4. The van der Waals surface area contributed by atoms with Crippen molar-refractivity contribution in [1.29, 1.82) is 0 Å². The SMILES string of the molecule is CC1CC(C(=O)NC2COCC2C(=O)O)CCN1. The van der Waals surface area contributed by atoms with E-state index in [9.17, 15) is 9.59 Å². The molecule has 2 heterocycles. The molecule has 2 aliphatic heterocycles. The molecule has 2 fully saturated rings. The van der Waals surface area contributed by atoms with Crippen molar-refractivity contribution in [2.45, 2.75) is 31.8 Å². The van der Waals surface area contributed by atoms with Crippen LogP contribution in [0.25, 0.3) is 0 Å². The van der Waals surface area contributed by atoms with Crippen molar-refractivity contribution in [3.8, 4) is 0 Å². The summed E-state index contributed by atoms with van der Waals surface area (Å²) >= 11 is 0. The molecule has 0 bridgehead atoms. The van der Waals surface area contributed by atoms with Gasteiger partial charge in [-0.1, -0.05) is 0 Å². The van der Waals surface area contributed by atoms with Crippen LogP contribution in [0.3, 0.4) is 0 Å². The van der Waals surface area contributed by atoms with Gasteiger partial charge in [0.2, 0.25) is 5.91 Å². The first-order valence-corrected chi connectivity index (χ1v) is 6.42. The molecule has 4 atom stereocenters. The highest BCUT2D eigenvalue weighted by Gasteiger charge is 2.36. The van der Waals surface area contributed by atoms with Crippen molar-refractivity contribution in [3.63, 3.8) is 0 Å². The number of amides is 1. The highest BCUT2D eigenvalue weighted by molar-refractivity contribution is 5.80. The van der Waals surface area contributed by atoms with Crippen LogP contribution in [0.5, 0.6) is 0 Å². The van der Waals surface area contributed by atoms with Gasteiger partial charge >= 0.3 is 5.97 Å². The summed E-state index contributed by atoms with van der Waals surface area (Å²) < 4.78 is 5.13. The van der Waals surface area contributed by atoms with E-state index in [1.165, 1.54) is 0 Å². The van der Waals surface area contributed by atoms with Crippen LogP contribution in [0.2, 0.25) is 0 Å². The van der Waals surface area contributed by atoms with Crippen molar-refractivity contribution in [2.75, 3.05) is 19.8 Å². The van der Waals surface area contributed by atoms with Gasteiger partial charge in [0.05, 0.1) is 19.3 Å². The molecule has 0 radical (unpaired) electrons. The van der Waals surface area contributed by atoms with E-state index in [-0.39, 0.29) is 24.5 Å². The number of piperidine rings is 1. The van der Waals surface area contributed by atoms with E-state index < -0.39 is 11.9 Å². The van der Waals surface area contributed by atoms with Gasteiger partial charge in [-0.05, 0) is 26.3 Å². The first kappa shape index (κ1) is 13.3. The van der Waals surface area contributed by atoms with Gasteiger partial charge in [0, 0.05) is 12.0 Å². The van der Waals surface area contributed by atoms with E-state index in [0.29, 0.717) is 12.6 Å². The molecule has 0 aliphatic carbocycles. The highest BCUT2D eigenvalue weighted by atomic mass is 16.5. The minimum atomic E-state index is -0.906. The third-order valence-electron chi connectivity index (χ3n) is 3.72. The van der Waals surface area contributed by atoms with Gasteiger partial charge in [-0.15, -0.1) is 0 Å². The van der Waals surface area contributed by atoms with Gasteiger partial charge < -0.3 is 20.5 Å². The standard InChI is InChI=1S/C12H20N2O4/c1-7-4-8(2-3-13-7)11(15)14-10-6-18-5-9(10)12(16)17/h7-10,13H,2-6H2,1H3,(H,14,15)(H,16,17). The van der Waals surface area contributed by atoms with Gasteiger partial charge in [-0.25, -0.2) is 0 Å². The summed E-state index contributed by atoms with van der Waals surface area (Å²) in [6.07, 6.45) is 1.61. The molecule has 0 aromatic heterocycles. The fraction of sp³-hybridized carbons (Fsp3) is 0.833. The van der Waals surface area contributed by atoms with E-state index in [2.05, 4.69) is 17.6 Å². The second-order valence-electron chi connectivity index (χ2n) is 5.17.